The van der Waals surface area contributed by atoms with Crippen molar-refractivity contribution in [1.82, 2.24) is 0 Å². The fraction of sp³-hybridized carbons (Fsp3) is 0.875. The molecular formula is C8H14O3. The van der Waals surface area contributed by atoms with Gasteiger partial charge in [0.2, 0.25) is 0 Å². The van der Waals surface area contributed by atoms with Crippen LogP contribution in [0.5, 0.6) is 0 Å². The van der Waals surface area contributed by atoms with Crippen LogP contribution in [-0.2, 0) is 9.53 Å². The van der Waals surface area contributed by atoms with Crippen molar-refractivity contribution in [1.29, 1.82) is 0 Å². The van der Waals surface area contributed by atoms with Crippen LogP contribution in [0.3, 0.4) is 0 Å². The summed E-state index contributed by atoms with van der Waals surface area (Å²) in [6, 6.07) is 0. The summed E-state index contributed by atoms with van der Waals surface area (Å²) in [6.07, 6.45) is 2.23. The summed E-state index contributed by atoms with van der Waals surface area (Å²) in [5.41, 5.74) is -0.538. The number of hydrogen-bond donors (Lipinski definition) is 1. The van der Waals surface area contributed by atoms with Gasteiger partial charge < -0.3 is 9.84 Å². The Labute approximate surface area is 66.4 Å². The van der Waals surface area contributed by atoms with E-state index in [1.165, 1.54) is 0 Å². The lowest BCUT2D eigenvalue weighted by molar-refractivity contribution is -0.149. The fourth-order valence-electron chi connectivity index (χ4n) is 1.59. The van der Waals surface area contributed by atoms with Crippen LogP contribution in [0, 0.1) is 5.41 Å². The van der Waals surface area contributed by atoms with Crippen LogP contribution in [0.15, 0.2) is 0 Å². The molecule has 0 aromatic carbocycles. The molecule has 1 saturated carbocycles. The van der Waals surface area contributed by atoms with Gasteiger partial charge in [-0.25, -0.2) is 0 Å². The van der Waals surface area contributed by atoms with Gasteiger partial charge in [-0.15, -0.1) is 0 Å². The second-order valence-electron chi connectivity index (χ2n) is 3.09. The molecule has 0 radical (unpaired) electrons. The van der Waals surface area contributed by atoms with Gasteiger partial charge in [-0.1, -0.05) is 6.92 Å². The summed E-state index contributed by atoms with van der Waals surface area (Å²) < 4.78 is 5.11. The number of carboxylic acids is 1. The molecule has 11 heavy (non-hydrogen) atoms. The fourth-order valence-corrected chi connectivity index (χ4v) is 1.59. The lowest BCUT2D eigenvalue weighted by atomic mass is 9.97. The van der Waals surface area contributed by atoms with Crippen molar-refractivity contribution < 1.29 is 14.6 Å². The lowest BCUT2D eigenvalue weighted by Crippen LogP contribution is -2.31. The van der Waals surface area contributed by atoms with Gasteiger partial charge in [0.25, 0.3) is 0 Å². The van der Waals surface area contributed by atoms with Crippen molar-refractivity contribution in [3.8, 4) is 0 Å². The molecule has 0 bridgehead atoms. The van der Waals surface area contributed by atoms with Crippen molar-refractivity contribution >= 4 is 5.97 Å². The minimum atomic E-state index is -0.703. The molecule has 0 heterocycles. The minimum Gasteiger partial charge on any atom is -0.481 e. The van der Waals surface area contributed by atoms with Gasteiger partial charge in [0.1, 0.15) is 0 Å². The van der Waals surface area contributed by atoms with E-state index in [2.05, 4.69) is 0 Å². The predicted molar refractivity (Wildman–Crippen MR) is 40.4 cm³/mol. The highest BCUT2D eigenvalue weighted by molar-refractivity contribution is 5.78. The molecule has 0 aliphatic heterocycles. The predicted octanol–water partition coefficient (Wildman–Crippen LogP) is 1.28. The van der Waals surface area contributed by atoms with E-state index < -0.39 is 11.4 Å². The van der Waals surface area contributed by atoms with Gasteiger partial charge in [-0.3, -0.25) is 4.79 Å². The average molecular weight is 158 g/mol. The largest absolute Gasteiger partial charge is 0.481 e. The van der Waals surface area contributed by atoms with Gasteiger partial charge in [0.15, 0.2) is 0 Å². The summed E-state index contributed by atoms with van der Waals surface area (Å²) >= 11 is 0. The van der Waals surface area contributed by atoms with E-state index in [9.17, 15) is 4.79 Å². The van der Waals surface area contributed by atoms with Crippen LogP contribution >= 0.6 is 0 Å². The molecule has 1 unspecified atom stereocenters. The lowest BCUT2D eigenvalue weighted by Gasteiger charge is -2.19. The third-order valence-electron chi connectivity index (χ3n) is 2.49. The molecule has 1 aliphatic rings. The Bertz CT molecular complexity index is 157. The van der Waals surface area contributed by atoms with Crippen LogP contribution in [0.25, 0.3) is 0 Å². The van der Waals surface area contributed by atoms with Crippen LogP contribution in [0.2, 0.25) is 0 Å². The first-order valence-electron chi connectivity index (χ1n) is 3.93. The van der Waals surface area contributed by atoms with Gasteiger partial charge in [0.05, 0.1) is 11.5 Å². The van der Waals surface area contributed by atoms with Gasteiger partial charge in [-0.05, 0) is 19.3 Å². The van der Waals surface area contributed by atoms with Crippen LogP contribution in [-0.4, -0.2) is 24.3 Å². The van der Waals surface area contributed by atoms with E-state index in [0.29, 0.717) is 0 Å². The molecule has 3 nitrogen and oxygen atoms in total. The molecule has 0 aromatic rings. The van der Waals surface area contributed by atoms with E-state index in [1.807, 2.05) is 6.92 Å². The van der Waals surface area contributed by atoms with E-state index in [1.54, 1.807) is 7.11 Å². The molecular weight excluding hydrogens is 144 g/mol. The topological polar surface area (TPSA) is 46.5 Å². The molecule has 0 aromatic heterocycles. The van der Waals surface area contributed by atoms with Crippen molar-refractivity contribution in [2.45, 2.75) is 32.3 Å². The molecule has 1 N–H and O–H groups in total. The van der Waals surface area contributed by atoms with Gasteiger partial charge >= 0.3 is 5.97 Å². The molecule has 0 saturated heterocycles. The zero-order valence-electron chi connectivity index (χ0n) is 6.96. The number of carboxylic acid groups (broad SMARTS) is 1. The second-order valence-corrected chi connectivity index (χ2v) is 3.09. The molecule has 1 aliphatic carbocycles. The minimum absolute atomic E-state index is 0.0972. The normalized spacial score (nSPS) is 22.7. The zero-order valence-corrected chi connectivity index (χ0v) is 6.96. The summed E-state index contributed by atoms with van der Waals surface area (Å²) in [5, 5.41) is 8.86. The third-order valence-corrected chi connectivity index (χ3v) is 2.49. The Hall–Kier alpha value is -0.570. The Morgan fingerprint density at radius 1 is 1.73 bits per heavy atom. The number of hydrogen-bond acceptors (Lipinski definition) is 2. The SMILES string of the molecule is CCC(OC)C1(C(=O)O)CC1. The molecule has 64 valence electrons. The van der Waals surface area contributed by atoms with E-state index in [4.69, 9.17) is 9.84 Å². The Morgan fingerprint density at radius 2 is 2.27 bits per heavy atom. The maximum absolute atomic E-state index is 10.8. The first kappa shape index (κ1) is 8.53. The summed E-state index contributed by atoms with van der Waals surface area (Å²) in [6.45, 7) is 1.96. The first-order chi connectivity index (χ1) is 5.17. The molecule has 1 fully saturated rings. The summed E-state index contributed by atoms with van der Waals surface area (Å²) in [7, 11) is 1.58. The number of methoxy groups -OCH3 is 1. The Kier molecular flexibility index (Phi) is 2.18. The van der Waals surface area contributed by atoms with E-state index in [-0.39, 0.29) is 6.10 Å². The summed E-state index contributed by atoms with van der Waals surface area (Å²) in [4.78, 5) is 10.8. The van der Waals surface area contributed by atoms with Crippen molar-refractivity contribution in [3.63, 3.8) is 0 Å². The maximum atomic E-state index is 10.8. The monoisotopic (exact) mass is 158 g/mol. The van der Waals surface area contributed by atoms with Crippen molar-refractivity contribution in [3.05, 3.63) is 0 Å². The highest BCUT2D eigenvalue weighted by Gasteiger charge is 2.55. The zero-order chi connectivity index (χ0) is 8.48. The smallest absolute Gasteiger partial charge is 0.312 e. The Morgan fingerprint density at radius 3 is 2.36 bits per heavy atom. The molecule has 3 heteroatoms. The second kappa shape index (κ2) is 2.81. The van der Waals surface area contributed by atoms with Crippen LogP contribution in [0.4, 0.5) is 0 Å². The summed E-state index contributed by atoms with van der Waals surface area (Å²) in [5.74, 6) is -0.703. The number of ether oxygens (including phenoxy) is 1. The van der Waals surface area contributed by atoms with Crippen LogP contribution < -0.4 is 0 Å². The number of rotatable bonds is 4. The van der Waals surface area contributed by atoms with Crippen molar-refractivity contribution in [2.24, 2.45) is 5.41 Å². The van der Waals surface area contributed by atoms with E-state index >= 15 is 0 Å². The first-order valence-corrected chi connectivity index (χ1v) is 3.93. The van der Waals surface area contributed by atoms with Gasteiger partial charge in [0, 0.05) is 7.11 Å². The average Bonchev–Trinajstić information content (AvgIpc) is 2.71. The molecule has 1 atom stereocenters. The molecule has 0 amide bonds. The third kappa shape index (κ3) is 1.25. The van der Waals surface area contributed by atoms with Crippen molar-refractivity contribution in [2.75, 3.05) is 7.11 Å². The maximum Gasteiger partial charge on any atom is 0.312 e. The number of carbonyl (C=O) groups is 1. The Balaban J connectivity index is 2.63. The van der Waals surface area contributed by atoms with Gasteiger partial charge in [-0.2, -0.15) is 0 Å². The highest BCUT2D eigenvalue weighted by Crippen LogP contribution is 2.50. The number of aliphatic carboxylic acids is 1. The molecule has 1 rings (SSSR count). The quantitative estimate of drug-likeness (QED) is 0.670. The molecule has 0 spiro atoms. The van der Waals surface area contributed by atoms with E-state index in [0.717, 1.165) is 19.3 Å². The highest BCUT2D eigenvalue weighted by atomic mass is 16.5. The standard InChI is InChI=1S/C8H14O3/c1-3-6(11-2)8(4-5-8)7(9)10/h6H,3-5H2,1-2H3,(H,9,10). The van der Waals surface area contributed by atoms with Crippen LogP contribution in [0.1, 0.15) is 26.2 Å².